The molecule has 0 saturated heterocycles. The first-order chi connectivity index (χ1) is 18.4. The van der Waals surface area contributed by atoms with Crippen molar-refractivity contribution in [2.24, 2.45) is 5.92 Å². The molecule has 4 rings (SSSR count). The van der Waals surface area contributed by atoms with Gasteiger partial charge in [0.25, 0.3) is 5.91 Å². The average Bonchev–Trinajstić information content (AvgIpc) is 2.91. The number of fused-ring (bicyclic) bond motifs is 1. The maximum Gasteiger partial charge on any atom is 0.323 e. The van der Waals surface area contributed by atoms with Crippen LogP contribution in [0.1, 0.15) is 29.8 Å². The summed E-state index contributed by atoms with van der Waals surface area (Å²) in [6.07, 6.45) is 3.25. The molecule has 3 aromatic rings. The maximum atomic E-state index is 13.6. The van der Waals surface area contributed by atoms with E-state index in [1.165, 1.54) is 0 Å². The molecule has 3 amide bonds. The van der Waals surface area contributed by atoms with Gasteiger partial charge >= 0.3 is 6.03 Å². The predicted octanol–water partition coefficient (Wildman–Crippen LogP) is 4.08. The quantitative estimate of drug-likeness (QED) is 0.416. The van der Waals surface area contributed by atoms with E-state index in [9.17, 15) is 14.7 Å². The number of hydrogen-bond acceptors (Lipinski definition) is 6. The minimum Gasteiger partial charge on any atom is -0.486 e. The van der Waals surface area contributed by atoms with Gasteiger partial charge in [0.1, 0.15) is 6.10 Å². The first-order valence-corrected chi connectivity index (χ1v) is 12.8. The molecule has 2 heterocycles. The van der Waals surface area contributed by atoms with Crippen LogP contribution in [-0.4, -0.2) is 70.7 Å². The SMILES string of the molecule is C[C@@H]1CN([C@@H](C)CO)C(=O)c2cccc(NC(=O)Nc3ccccc3)c2O[C@H]1CN(C)Cc1ccncc1. The molecule has 0 aliphatic carbocycles. The standard InChI is InChI=1S/C29H35N5O4/c1-20-16-34(21(2)19-35)28(36)24-10-7-11-25(32-29(37)31-23-8-5-4-6-9-23)27(24)38-26(20)18-33(3)17-22-12-14-30-15-13-22/h4-15,20-21,26,35H,16-19H2,1-3H3,(H2,31,32,37)/t20-,21+,26+/m1/s1. The lowest BCUT2D eigenvalue weighted by Gasteiger charge is -2.38. The van der Waals surface area contributed by atoms with Crippen LogP contribution in [-0.2, 0) is 6.54 Å². The second-order valence-corrected chi connectivity index (χ2v) is 9.80. The van der Waals surface area contributed by atoms with Crippen molar-refractivity contribution >= 4 is 23.3 Å². The molecule has 3 N–H and O–H groups in total. The van der Waals surface area contributed by atoms with Crippen molar-refractivity contribution in [3.05, 3.63) is 84.2 Å². The fourth-order valence-electron chi connectivity index (χ4n) is 4.54. The Kier molecular flexibility index (Phi) is 8.93. The molecular weight excluding hydrogens is 482 g/mol. The zero-order valence-corrected chi connectivity index (χ0v) is 22.0. The molecule has 0 saturated carbocycles. The summed E-state index contributed by atoms with van der Waals surface area (Å²) in [7, 11) is 2.02. The third kappa shape index (κ3) is 6.67. The number of aromatic nitrogens is 1. The van der Waals surface area contributed by atoms with Crippen molar-refractivity contribution < 1.29 is 19.4 Å². The fraction of sp³-hybridized carbons (Fsp3) is 0.345. The number of urea groups is 1. The minimum absolute atomic E-state index is 0.0489. The van der Waals surface area contributed by atoms with Crippen LogP contribution < -0.4 is 15.4 Å². The Hall–Kier alpha value is -3.95. The molecule has 38 heavy (non-hydrogen) atoms. The van der Waals surface area contributed by atoms with E-state index < -0.39 is 6.03 Å². The molecule has 1 aliphatic heterocycles. The van der Waals surface area contributed by atoms with E-state index in [4.69, 9.17) is 4.74 Å². The zero-order valence-electron chi connectivity index (χ0n) is 22.0. The Bertz CT molecular complexity index is 1220. The average molecular weight is 518 g/mol. The van der Waals surface area contributed by atoms with Crippen LogP contribution in [0, 0.1) is 5.92 Å². The first-order valence-electron chi connectivity index (χ1n) is 12.8. The van der Waals surface area contributed by atoms with Gasteiger partial charge in [0, 0.05) is 43.6 Å². The van der Waals surface area contributed by atoms with Gasteiger partial charge in [-0.05, 0) is 55.9 Å². The number of carbonyl (C=O) groups is 2. The van der Waals surface area contributed by atoms with Crippen molar-refractivity contribution in [3.8, 4) is 5.75 Å². The van der Waals surface area contributed by atoms with Crippen LogP contribution in [0.4, 0.5) is 16.2 Å². The smallest absolute Gasteiger partial charge is 0.323 e. The summed E-state index contributed by atoms with van der Waals surface area (Å²) in [5.41, 5.74) is 2.52. The van der Waals surface area contributed by atoms with Gasteiger partial charge in [0.2, 0.25) is 0 Å². The lowest BCUT2D eigenvalue weighted by Crippen LogP contribution is -2.49. The van der Waals surface area contributed by atoms with E-state index in [1.807, 2.05) is 51.2 Å². The van der Waals surface area contributed by atoms with Crippen molar-refractivity contribution in [1.29, 1.82) is 0 Å². The number of aliphatic hydroxyl groups excluding tert-OH is 1. The minimum atomic E-state index is -0.442. The lowest BCUT2D eigenvalue weighted by atomic mass is 9.99. The highest BCUT2D eigenvalue weighted by Gasteiger charge is 2.34. The Balaban J connectivity index is 1.63. The Morgan fingerprint density at radius 3 is 2.58 bits per heavy atom. The number of aliphatic hydroxyl groups is 1. The van der Waals surface area contributed by atoms with Gasteiger partial charge in [-0.25, -0.2) is 4.79 Å². The highest BCUT2D eigenvalue weighted by atomic mass is 16.5. The molecule has 9 heteroatoms. The molecule has 1 aliphatic rings. The van der Waals surface area contributed by atoms with E-state index in [2.05, 4.69) is 20.5 Å². The van der Waals surface area contributed by atoms with Gasteiger partial charge in [-0.3, -0.25) is 14.7 Å². The second-order valence-electron chi connectivity index (χ2n) is 9.80. The van der Waals surface area contributed by atoms with Crippen LogP contribution in [0.2, 0.25) is 0 Å². The van der Waals surface area contributed by atoms with E-state index in [0.717, 1.165) is 5.56 Å². The number of pyridine rings is 1. The Labute approximate surface area is 223 Å². The van der Waals surface area contributed by atoms with Gasteiger partial charge in [-0.15, -0.1) is 0 Å². The largest absolute Gasteiger partial charge is 0.486 e. The van der Waals surface area contributed by atoms with Crippen LogP contribution in [0.15, 0.2) is 73.1 Å². The monoisotopic (exact) mass is 517 g/mol. The fourth-order valence-corrected chi connectivity index (χ4v) is 4.54. The summed E-state index contributed by atoms with van der Waals surface area (Å²) in [4.78, 5) is 34.4. The van der Waals surface area contributed by atoms with Gasteiger partial charge in [-0.1, -0.05) is 31.2 Å². The number of amides is 3. The number of carbonyl (C=O) groups excluding carboxylic acids is 2. The van der Waals surface area contributed by atoms with E-state index in [0.29, 0.717) is 42.3 Å². The van der Waals surface area contributed by atoms with Crippen LogP contribution in [0.5, 0.6) is 5.75 Å². The highest BCUT2D eigenvalue weighted by Crippen LogP contribution is 2.35. The summed E-state index contributed by atoms with van der Waals surface area (Å²) in [5.74, 6) is 0.0287. The third-order valence-electron chi connectivity index (χ3n) is 6.66. The molecule has 0 fully saturated rings. The Morgan fingerprint density at radius 1 is 1.13 bits per heavy atom. The number of benzene rings is 2. The molecule has 1 aromatic heterocycles. The van der Waals surface area contributed by atoms with Crippen molar-refractivity contribution in [2.75, 3.05) is 37.4 Å². The topological polar surface area (TPSA) is 107 Å². The third-order valence-corrected chi connectivity index (χ3v) is 6.66. The van der Waals surface area contributed by atoms with Crippen molar-refractivity contribution in [3.63, 3.8) is 0 Å². The number of rotatable bonds is 8. The summed E-state index contributed by atoms with van der Waals surface area (Å²) < 4.78 is 6.57. The number of anilines is 2. The summed E-state index contributed by atoms with van der Waals surface area (Å²) >= 11 is 0. The molecule has 0 radical (unpaired) electrons. The van der Waals surface area contributed by atoms with Crippen LogP contribution in [0.25, 0.3) is 0 Å². The molecule has 0 unspecified atom stereocenters. The number of para-hydroxylation sites is 2. The number of ether oxygens (including phenoxy) is 1. The van der Waals surface area contributed by atoms with E-state index in [-0.39, 0.29) is 30.6 Å². The van der Waals surface area contributed by atoms with E-state index >= 15 is 0 Å². The number of likely N-dealkylation sites (N-methyl/N-ethyl adjacent to an activating group) is 1. The van der Waals surface area contributed by atoms with Gasteiger partial charge in [0.15, 0.2) is 5.75 Å². The normalized spacial score (nSPS) is 18.1. The number of nitrogens with one attached hydrogen (secondary N) is 2. The van der Waals surface area contributed by atoms with E-state index in [1.54, 1.807) is 47.6 Å². The molecule has 200 valence electrons. The van der Waals surface area contributed by atoms with Gasteiger partial charge in [0.05, 0.1) is 23.9 Å². The molecule has 3 atom stereocenters. The summed E-state index contributed by atoms with van der Waals surface area (Å²) in [5, 5.41) is 15.5. The maximum absolute atomic E-state index is 13.6. The van der Waals surface area contributed by atoms with Gasteiger partial charge < -0.3 is 25.4 Å². The number of hydrogen-bond donors (Lipinski definition) is 3. The van der Waals surface area contributed by atoms with Gasteiger partial charge in [-0.2, -0.15) is 0 Å². The lowest BCUT2D eigenvalue weighted by molar-refractivity contribution is 0.0343. The highest BCUT2D eigenvalue weighted by molar-refractivity contribution is 6.04. The second kappa shape index (κ2) is 12.5. The van der Waals surface area contributed by atoms with Crippen LogP contribution in [0.3, 0.4) is 0 Å². The predicted molar refractivity (Wildman–Crippen MR) is 147 cm³/mol. The van der Waals surface area contributed by atoms with Crippen molar-refractivity contribution in [1.82, 2.24) is 14.8 Å². The number of nitrogens with zero attached hydrogens (tertiary/aromatic N) is 3. The zero-order chi connectivity index (χ0) is 27.1. The molecule has 9 nitrogen and oxygen atoms in total. The molecule has 2 aromatic carbocycles. The van der Waals surface area contributed by atoms with Crippen molar-refractivity contribution in [2.45, 2.75) is 32.5 Å². The molecule has 0 spiro atoms. The first kappa shape index (κ1) is 27.1. The Morgan fingerprint density at radius 2 is 1.87 bits per heavy atom. The summed E-state index contributed by atoms with van der Waals surface area (Å²) in [6, 6.07) is 17.4. The molecule has 0 bridgehead atoms. The van der Waals surface area contributed by atoms with Crippen LogP contribution >= 0.6 is 0 Å². The molecular formula is C29H35N5O4. The summed E-state index contributed by atoms with van der Waals surface area (Å²) in [6.45, 7) is 5.43.